The third-order valence-corrected chi connectivity index (χ3v) is 12.1. The molecular weight excluding hydrogens is 872 g/mol. The number of rotatable bonds is 8. The quantitative estimate of drug-likeness (QED) is 0.0644. The molecule has 0 aliphatic carbocycles. The first-order valence-corrected chi connectivity index (χ1v) is 22.5. The van der Waals surface area contributed by atoms with Crippen molar-refractivity contribution in [2.45, 2.75) is 32.6 Å². The Morgan fingerprint density at radius 1 is 0.537 bits per heavy atom. The summed E-state index contributed by atoms with van der Waals surface area (Å²) in [6.07, 6.45) is 5.46. The van der Waals surface area contributed by atoms with Crippen LogP contribution in [0.25, 0.3) is 88.6 Å². The summed E-state index contributed by atoms with van der Waals surface area (Å²) in [6, 6.07) is 39.0. The number of aliphatic imine (C=N–C) groups is 2. The van der Waals surface area contributed by atoms with Gasteiger partial charge in [-0.3, -0.25) is 9.98 Å². The van der Waals surface area contributed by atoms with Crippen LogP contribution in [0.4, 0.5) is 0 Å². The fourth-order valence-corrected chi connectivity index (χ4v) is 9.53. The first-order chi connectivity index (χ1) is 31.5. The Bertz CT molecular complexity index is 2910. The normalized spacial score (nSPS) is 11.7. The number of guanidine groups is 2. The fourth-order valence-electron chi connectivity index (χ4n) is 9.53. The van der Waals surface area contributed by atoms with Crippen molar-refractivity contribution in [2.75, 3.05) is 69.5 Å². The molecule has 1 radical (unpaired) electrons. The van der Waals surface area contributed by atoms with E-state index >= 15 is 0 Å². The zero-order valence-electron chi connectivity index (χ0n) is 40.7. The molecule has 4 aromatic carbocycles. The molecule has 0 atom stereocenters. The van der Waals surface area contributed by atoms with Crippen LogP contribution in [0, 0.1) is 7.43 Å². The van der Waals surface area contributed by atoms with E-state index in [1.54, 1.807) is 6.08 Å². The van der Waals surface area contributed by atoms with Gasteiger partial charge in [0.15, 0.2) is 11.9 Å². The summed E-state index contributed by atoms with van der Waals surface area (Å²) in [4.78, 5) is 39.2. The van der Waals surface area contributed by atoms with E-state index in [0.717, 1.165) is 139 Å². The van der Waals surface area contributed by atoms with Crippen LogP contribution in [0.3, 0.4) is 0 Å². The van der Waals surface area contributed by atoms with E-state index in [-0.39, 0.29) is 24.2 Å². The first kappa shape index (κ1) is 49.7. The third-order valence-electron chi connectivity index (χ3n) is 12.1. The van der Waals surface area contributed by atoms with Crippen LogP contribution in [0.5, 0.6) is 0 Å². The van der Waals surface area contributed by atoms with Crippen LogP contribution in [0.1, 0.15) is 30.9 Å². The van der Waals surface area contributed by atoms with Crippen LogP contribution >= 0.6 is 0 Å². The van der Waals surface area contributed by atoms with Crippen molar-refractivity contribution >= 4 is 55.5 Å². The van der Waals surface area contributed by atoms with E-state index in [4.69, 9.17) is 19.9 Å². The Morgan fingerprint density at radius 2 is 0.866 bits per heavy atom. The average molecular weight is 935 g/mol. The third kappa shape index (κ3) is 10.0. The van der Waals surface area contributed by atoms with Crippen molar-refractivity contribution in [3.8, 4) is 45.0 Å². The minimum absolute atomic E-state index is 0. The minimum Gasteiger partial charge on any atom is -0.657 e. The molecule has 2 aliphatic heterocycles. The molecule has 11 heteroatoms. The van der Waals surface area contributed by atoms with Gasteiger partial charge in [-0.05, 0) is 89.5 Å². The second kappa shape index (κ2) is 21.7. The van der Waals surface area contributed by atoms with E-state index in [0.29, 0.717) is 0 Å². The van der Waals surface area contributed by atoms with Crippen molar-refractivity contribution in [3.63, 3.8) is 0 Å². The van der Waals surface area contributed by atoms with E-state index in [2.05, 4.69) is 159 Å². The van der Waals surface area contributed by atoms with Crippen molar-refractivity contribution in [2.24, 2.45) is 9.98 Å². The van der Waals surface area contributed by atoms with E-state index in [1.165, 1.54) is 11.1 Å². The van der Waals surface area contributed by atoms with Gasteiger partial charge in [0.05, 0.1) is 22.8 Å². The number of aromatic nitrogens is 4. The second-order valence-electron chi connectivity index (χ2n) is 17.2. The van der Waals surface area contributed by atoms with Crippen molar-refractivity contribution in [1.29, 1.82) is 0 Å². The Morgan fingerprint density at radius 3 is 1.18 bits per heavy atom. The number of nitrogens with zero attached hydrogens (tertiary/aromatic N) is 10. The Kier molecular flexibility index (Phi) is 16.1. The van der Waals surface area contributed by atoms with E-state index in [1.807, 2.05) is 49.2 Å². The van der Waals surface area contributed by atoms with E-state index < -0.39 is 0 Å². The van der Waals surface area contributed by atoms with Gasteiger partial charge in [0.1, 0.15) is 0 Å². The molecule has 0 spiro atoms. The minimum atomic E-state index is 0. The molecular formula is C56H63CoN10-3. The number of allylic oxidation sites excluding steroid dienone is 1. The largest absolute Gasteiger partial charge is 0.657 e. The number of benzene rings is 4. The summed E-state index contributed by atoms with van der Waals surface area (Å²) in [6.45, 7) is 7.00. The number of aryl methyl sites for hydroxylation is 2. The number of fused-ring (bicyclic) bond motifs is 20. The zero-order valence-corrected chi connectivity index (χ0v) is 41.8. The van der Waals surface area contributed by atoms with Crippen LogP contribution in [0.15, 0.2) is 132 Å². The fraction of sp³-hybridized carbons (Fsp3) is 0.268. The van der Waals surface area contributed by atoms with Gasteiger partial charge in [-0.1, -0.05) is 91.0 Å². The SMILES string of the molecule is C=CC.CN=C(N(C)C)N(C)CCCc1cccc2c3cc4nc(cc5[n-]c(cc6nc(cc([n-]3)c12)-c1ccccc1-6)c1cccc(CCCN(C)C(=NC)N(C)C)c51)-c1ccccc1-4.[CH3-].[Co]. The van der Waals surface area contributed by atoms with Gasteiger partial charge in [-0.15, -0.1) is 28.6 Å². The summed E-state index contributed by atoms with van der Waals surface area (Å²) >= 11 is 0. The topological polar surface area (TPSA) is 91.7 Å². The van der Waals surface area contributed by atoms with Gasteiger partial charge in [0.2, 0.25) is 0 Å². The summed E-state index contributed by atoms with van der Waals surface area (Å²) in [5.74, 6) is 1.92. The first-order valence-electron chi connectivity index (χ1n) is 22.5. The van der Waals surface area contributed by atoms with Crippen LogP contribution < -0.4 is 9.97 Å². The molecule has 0 N–H and O–H groups in total. The molecule has 5 heterocycles. The molecule has 67 heavy (non-hydrogen) atoms. The summed E-state index contributed by atoms with van der Waals surface area (Å²) in [7, 11) is 16.1. The number of hydrogen-bond acceptors (Lipinski definition) is 4. The van der Waals surface area contributed by atoms with E-state index in [9.17, 15) is 0 Å². The molecule has 10 nitrogen and oxygen atoms in total. The zero-order chi connectivity index (χ0) is 45.8. The molecule has 349 valence electrons. The van der Waals surface area contributed by atoms with Crippen molar-refractivity contribution in [1.82, 2.24) is 39.5 Å². The van der Waals surface area contributed by atoms with Gasteiger partial charge < -0.3 is 37.0 Å². The molecule has 0 amide bonds. The Hall–Kier alpha value is -6.69. The molecule has 0 unspecified atom stereocenters. The second-order valence-corrected chi connectivity index (χ2v) is 17.2. The molecule has 3 aromatic heterocycles. The van der Waals surface area contributed by atoms with Crippen LogP contribution in [-0.4, -0.2) is 111 Å². The molecule has 2 aliphatic rings. The monoisotopic (exact) mass is 934 g/mol. The Labute approximate surface area is 407 Å². The predicted molar refractivity (Wildman–Crippen MR) is 281 cm³/mol. The van der Waals surface area contributed by atoms with Gasteiger partial charge in [-0.2, -0.15) is 0 Å². The molecule has 0 fully saturated rings. The Balaban J connectivity index is 0.00000144. The van der Waals surface area contributed by atoms with Gasteiger partial charge in [-0.25, -0.2) is 9.97 Å². The van der Waals surface area contributed by atoms with Crippen LogP contribution in [0.2, 0.25) is 0 Å². The molecule has 8 bridgehead atoms. The summed E-state index contributed by atoms with van der Waals surface area (Å²) in [5.41, 5.74) is 14.1. The van der Waals surface area contributed by atoms with Crippen molar-refractivity contribution in [3.05, 3.63) is 140 Å². The van der Waals surface area contributed by atoms with Crippen molar-refractivity contribution < 1.29 is 16.8 Å². The molecule has 0 saturated carbocycles. The predicted octanol–water partition coefficient (Wildman–Crippen LogP) is 11.0. The maximum Gasteiger partial charge on any atom is 0.195 e. The molecule has 9 rings (SSSR count). The average Bonchev–Trinajstić information content (AvgIpc) is 4.03. The maximum absolute atomic E-state index is 5.43. The van der Waals surface area contributed by atoms with Gasteiger partial charge in [0.25, 0.3) is 0 Å². The standard InChI is InChI=1S/C52H54N10.C3H6.CH3.Co/c1-53-51(59(3)4)61(7)27-15-19-33-17-13-25-39-45-29-41-36-22-10-12-24-38(36)44(56-41)32-48-50-34(20-16-28-62(8)52(54-2)60(5)6)18-14-26-40(50)46(58-48)30-42-35-21-9-11-23-37(35)43(55-42)31-47(57-45)49(33)39;1-3-2;;/h9-14,17-18,21-26,29-32H,15-16,19-20,27-28H2,1-8H3;3H,1H2,2H3;1H3;/q-2;;-1;. The van der Waals surface area contributed by atoms with Gasteiger partial charge in [0, 0.05) is 109 Å². The smallest absolute Gasteiger partial charge is 0.195 e. The summed E-state index contributed by atoms with van der Waals surface area (Å²) < 4.78 is 0. The van der Waals surface area contributed by atoms with Gasteiger partial charge >= 0.3 is 0 Å². The molecule has 0 saturated heterocycles. The molecule has 7 aromatic rings. The number of hydrogen-bond donors (Lipinski definition) is 0. The summed E-state index contributed by atoms with van der Waals surface area (Å²) in [5, 5.41) is 4.55. The maximum atomic E-state index is 5.43. The van der Waals surface area contributed by atoms with Crippen LogP contribution in [-0.2, 0) is 29.6 Å².